The summed E-state index contributed by atoms with van der Waals surface area (Å²) >= 11 is 0. The third kappa shape index (κ3) is 8.58. The number of amides is 1. The highest BCUT2D eigenvalue weighted by molar-refractivity contribution is 14.0. The van der Waals surface area contributed by atoms with Gasteiger partial charge in [-0.2, -0.15) is 0 Å². The number of nitrogens with one attached hydrogen (secondary N) is 3. The lowest BCUT2D eigenvalue weighted by molar-refractivity contribution is 0.0963. The molecule has 0 aromatic heterocycles. The quantitative estimate of drug-likeness (QED) is 0.260. The van der Waals surface area contributed by atoms with Crippen molar-refractivity contribution in [1.82, 2.24) is 20.9 Å². The fourth-order valence-electron chi connectivity index (χ4n) is 4.02. The maximum Gasteiger partial charge on any atom is 0.251 e. The third-order valence-electron chi connectivity index (χ3n) is 5.96. The van der Waals surface area contributed by atoms with Crippen LogP contribution in [0.25, 0.3) is 0 Å². The Balaban J connectivity index is 0.00000385. The van der Waals surface area contributed by atoms with Gasteiger partial charge >= 0.3 is 0 Å². The first kappa shape index (κ1) is 27.0. The third-order valence-corrected chi connectivity index (χ3v) is 5.96. The van der Waals surface area contributed by atoms with E-state index in [9.17, 15) is 9.18 Å². The second-order valence-corrected chi connectivity index (χ2v) is 8.22. The minimum Gasteiger partial charge on any atom is -0.356 e. The molecule has 3 rings (SSSR count). The van der Waals surface area contributed by atoms with Crippen molar-refractivity contribution in [3.05, 3.63) is 71.0 Å². The topological polar surface area (TPSA) is 68.8 Å². The summed E-state index contributed by atoms with van der Waals surface area (Å²) in [6.45, 7) is 4.25. The Labute approximate surface area is 213 Å². The second-order valence-electron chi connectivity index (χ2n) is 8.22. The number of hydrogen-bond acceptors (Lipinski definition) is 3. The van der Waals surface area contributed by atoms with Gasteiger partial charge in [0.1, 0.15) is 5.82 Å². The number of guanidine groups is 1. The van der Waals surface area contributed by atoms with Crippen molar-refractivity contribution in [2.45, 2.75) is 25.8 Å². The zero-order valence-electron chi connectivity index (χ0n) is 19.4. The largest absolute Gasteiger partial charge is 0.356 e. The van der Waals surface area contributed by atoms with Crippen LogP contribution in [-0.2, 0) is 13.0 Å². The Hall–Kier alpha value is -2.20. The molecule has 1 aliphatic rings. The van der Waals surface area contributed by atoms with Crippen molar-refractivity contribution in [3.8, 4) is 0 Å². The van der Waals surface area contributed by atoms with E-state index in [4.69, 9.17) is 0 Å². The van der Waals surface area contributed by atoms with E-state index in [1.807, 2.05) is 36.4 Å². The summed E-state index contributed by atoms with van der Waals surface area (Å²) in [7, 11) is 3.41. The van der Waals surface area contributed by atoms with Crippen LogP contribution in [0.5, 0.6) is 0 Å². The van der Waals surface area contributed by atoms with Crippen LogP contribution in [0.1, 0.15) is 34.3 Å². The number of piperidine rings is 1. The Bertz CT molecular complexity index is 915. The van der Waals surface area contributed by atoms with Gasteiger partial charge in [-0.25, -0.2) is 4.39 Å². The number of carbonyl (C=O) groups is 1. The van der Waals surface area contributed by atoms with Gasteiger partial charge in [-0.05, 0) is 62.0 Å². The van der Waals surface area contributed by atoms with E-state index in [1.165, 1.54) is 6.07 Å². The van der Waals surface area contributed by atoms with Crippen molar-refractivity contribution >= 4 is 35.8 Å². The number of carbonyl (C=O) groups excluding carboxylic acids is 1. The minimum atomic E-state index is -0.119. The van der Waals surface area contributed by atoms with Crippen LogP contribution >= 0.6 is 24.0 Å². The average molecular weight is 567 g/mol. The molecule has 0 bridgehead atoms. The summed E-state index contributed by atoms with van der Waals surface area (Å²) in [5.74, 6) is 1.18. The van der Waals surface area contributed by atoms with E-state index in [2.05, 4.69) is 25.8 Å². The molecule has 1 fully saturated rings. The summed E-state index contributed by atoms with van der Waals surface area (Å²) in [5.41, 5.74) is 2.56. The number of halogens is 2. The SMILES string of the molecule is CN=C(NCCc1cccc(C(=O)NC)c1)NCC1CCN(Cc2ccccc2F)CC1.I. The molecule has 0 unspecified atom stereocenters. The fraction of sp³-hybridized carbons (Fsp3) is 0.440. The molecule has 33 heavy (non-hydrogen) atoms. The van der Waals surface area contributed by atoms with E-state index in [1.54, 1.807) is 20.2 Å². The molecule has 1 aliphatic heterocycles. The van der Waals surface area contributed by atoms with Crippen molar-refractivity contribution in [1.29, 1.82) is 0 Å². The normalized spacial score (nSPS) is 14.9. The number of nitrogens with zero attached hydrogens (tertiary/aromatic N) is 2. The van der Waals surface area contributed by atoms with Crippen molar-refractivity contribution < 1.29 is 9.18 Å². The van der Waals surface area contributed by atoms with Gasteiger partial charge in [-0.3, -0.25) is 14.7 Å². The van der Waals surface area contributed by atoms with Gasteiger partial charge in [0, 0.05) is 44.9 Å². The van der Waals surface area contributed by atoms with E-state index < -0.39 is 0 Å². The lowest BCUT2D eigenvalue weighted by Crippen LogP contribution is -2.43. The molecular formula is C25H35FIN5O. The summed E-state index contributed by atoms with van der Waals surface area (Å²) in [6.07, 6.45) is 2.98. The van der Waals surface area contributed by atoms with E-state index in [0.29, 0.717) is 18.0 Å². The molecule has 0 aliphatic carbocycles. The molecular weight excluding hydrogens is 532 g/mol. The average Bonchev–Trinajstić information content (AvgIpc) is 2.83. The van der Waals surface area contributed by atoms with Crippen LogP contribution in [0.4, 0.5) is 4.39 Å². The number of aliphatic imine (C=N–C) groups is 1. The Kier molecular flexibility index (Phi) is 11.6. The number of benzene rings is 2. The molecule has 0 atom stereocenters. The zero-order chi connectivity index (χ0) is 22.8. The minimum absolute atomic E-state index is 0. The standard InChI is InChI=1S/C25H34FN5O.HI/c1-27-24(32)21-8-5-6-19(16-21)10-13-29-25(28-2)30-17-20-11-14-31(15-12-20)18-22-7-3-4-9-23(22)26;/h3-9,16,20H,10-15,17-18H2,1-2H3,(H,27,32)(H2,28,29,30);1H. The van der Waals surface area contributed by atoms with Gasteiger partial charge in [0.2, 0.25) is 0 Å². The van der Waals surface area contributed by atoms with Gasteiger partial charge in [-0.15, -0.1) is 24.0 Å². The zero-order valence-corrected chi connectivity index (χ0v) is 21.8. The predicted octanol–water partition coefficient (Wildman–Crippen LogP) is 3.42. The molecule has 180 valence electrons. The van der Waals surface area contributed by atoms with Crippen LogP contribution in [0.2, 0.25) is 0 Å². The predicted molar refractivity (Wildman–Crippen MR) is 143 cm³/mol. The molecule has 8 heteroatoms. The highest BCUT2D eigenvalue weighted by atomic mass is 127. The molecule has 0 saturated carbocycles. The molecule has 1 heterocycles. The summed E-state index contributed by atoms with van der Waals surface area (Å²) < 4.78 is 13.9. The highest BCUT2D eigenvalue weighted by Crippen LogP contribution is 2.19. The maximum atomic E-state index is 13.9. The summed E-state index contributed by atoms with van der Waals surface area (Å²) in [6, 6.07) is 14.7. The molecule has 2 aromatic rings. The lowest BCUT2D eigenvalue weighted by atomic mass is 9.96. The van der Waals surface area contributed by atoms with Gasteiger partial charge in [0.25, 0.3) is 5.91 Å². The van der Waals surface area contributed by atoms with E-state index in [-0.39, 0.29) is 35.7 Å². The van der Waals surface area contributed by atoms with Crippen molar-refractivity contribution in [3.63, 3.8) is 0 Å². The van der Waals surface area contributed by atoms with E-state index >= 15 is 0 Å². The summed E-state index contributed by atoms with van der Waals surface area (Å²) in [5, 5.41) is 9.44. The van der Waals surface area contributed by atoms with Crippen molar-refractivity contribution in [2.75, 3.05) is 40.3 Å². The Morgan fingerprint density at radius 2 is 1.88 bits per heavy atom. The molecule has 0 spiro atoms. The lowest BCUT2D eigenvalue weighted by Gasteiger charge is -2.32. The molecule has 6 nitrogen and oxygen atoms in total. The van der Waals surface area contributed by atoms with Gasteiger partial charge in [0.05, 0.1) is 0 Å². The number of likely N-dealkylation sites (tertiary alicyclic amines) is 1. The van der Waals surface area contributed by atoms with Crippen molar-refractivity contribution in [2.24, 2.45) is 10.9 Å². The number of hydrogen-bond donors (Lipinski definition) is 3. The maximum absolute atomic E-state index is 13.9. The monoisotopic (exact) mass is 567 g/mol. The Morgan fingerprint density at radius 1 is 1.12 bits per heavy atom. The molecule has 0 radical (unpaired) electrons. The molecule has 1 amide bonds. The van der Waals surface area contributed by atoms with Crippen LogP contribution in [0.3, 0.4) is 0 Å². The first-order chi connectivity index (χ1) is 15.6. The van der Waals surface area contributed by atoms with Gasteiger partial charge < -0.3 is 16.0 Å². The van der Waals surface area contributed by atoms with Gasteiger partial charge in [-0.1, -0.05) is 30.3 Å². The number of rotatable bonds is 8. The second kappa shape index (κ2) is 14.1. The molecule has 3 N–H and O–H groups in total. The first-order valence-electron chi connectivity index (χ1n) is 11.3. The van der Waals surface area contributed by atoms with Crippen LogP contribution in [0.15, 0.2) is 53.5 Å². The highest BCUT2D eigenvalue weighted by Gasteiger charge is 2.20. The van der Waals surface area contributed by atoms with Crippen LogP contribution in [-0.4, -0.2) is 57.0 Å². The fourth-order valence-corrected chi connectivity index (χ4v) is 4.02. The van der Waals surface area contributed by atoms with Gasteiger partial charge in [0.15, 0.2) is 5.96 Å². The smallest absolute Gasteiger partial charge is 0.251 e. The Morgan fingerprint density at radius 3 is 2.58 bits per heavy atom. The van der Waals surface area contributed by atoms with Crippen LogP contribution < -0.4 is 16.0 Å². The van der Waals surface area contributed by atoms with E-state index in [0.717, 1.165) is 62.5 Å². The molecule has 2 aromatic carbocycles. The first-order valence-corrected chi connectivity index (χ1v) is 11.3. The molecule has 1 saturated heterocycles. The van der Waals surface area contributed by atoms with Crippen LogP contribution in [0, 0.1) is 11.7 Å². The summed E-state index contributed by atoms with van der Waals surface area (Å²) in [4.78, 5) is 18.4.